The maximum absolute atomic E-state index is 12.0. The van der Waals surface area contributed by atoms with Gasteiger partial charge in [-0.3, -0.25) is 9.59 Å². The zero-order valence-corrected chi connectivity index (χ0v) is 14.4. The van der Waals surface area contributed by atoms with Crippen molar-refractivity contribution in [3.63, 3.8) is 0 Å². The van der Waals surface area contributed by atoms with Crippen molar-refractivity contribution in [3.05, 3.63) is 29.8 Å². The van der Waals surface area contributed by atoms with Crippen LogP contribution in [0.1, 0.15) is 37.7 Å². The molecule has 0 bridgehead atoms. The number of benzene rings is 1. The van der Waals surface area contributed by atoms with Crippen molar-refractivity contribution in [2.45, 2.75) is 32.1 Å². The van der Waals surface area contributed by atoms with Crippen molar-refractivity contribution >= 4 is 23.7 Å². The van der Waals surface area contributed by atoms with E-state index in [2.05, 4.69) is 15.8 Å². The summed E-state index contributed by atoms with van der Waals surface area (Å²) in [5.41, 5.74) is 4.43. The fraction of sp³-hybridized carbons (Fsp3) is 0.500. The van der Waals surface area contributed by atoms with E-state index in [-0.39, 0.29) is 24.3 Å². The fourth-order valence-corrected chi connectivity index (χ4v) is 2.75. The van der Waals surface area contributed by atoms with E-state index in [1.165, 1.54) is 6.42 Å². The first-order valence-corrected chi connectivity index (χ1v) is 8.43. The number of hydrogen-bond acceptors (Lipinski definition) is 4. The van der Waals surface area contributed by atoms with Crippen molar-refractivity contribution in [2.24, 2.45) is 11.0 Å². The van der Waals surface area contributed by atoms with Crippen LogP contribution in [0.4, 0.5) is 5.69 Å². The maximum atomic E-state index is 12.0. The highest BCUT2D eigenvalue weighted by molar-refractivity contribution is 5.87. The third kappa shape index (κ3) is 5.68. The first-order chi connectivity index (χ1) is 11.6. The van der Waals surface area contributed by atoms with Crippen molar-refractivity contribution < 1.29 is 9.59 Å². The highest BCUT2D eigenvalue weighted by atomic mass is 16.2. The van der Waals surface area contributed by atoms with E-state index in [9.17, 15) is 9.59 Å². The standard InChI is InChI=1S/C18H26N4O2/c1-22(2)16-10-8-14(9-11-16)12-20-21-17(23)13-19-18(24)15-6-4-3-5-7-15/h8-12,15H,3-7,13H2,1-2H3,(H,19,24)(H,21,23). The highest BCUT2D eigenvalue weighted by Crippen LogP contribution is 2.23. The van der Waals surface area contributed by atoms with Crippen LogP contribution < -0.4 is 15.6 Å². The number of rotatable bonds is 6. The summed E-state index contributed by atoms with van der Waals surface area (Å²) >= 11 is 0. The number of hydrazone groups is 1. The number of carbonyl (C=O) groups is 2. The lowest BCUT2D eigenvalue weighted by Crippen LogP contribution is -2.38. The van der Waals surface area contributed by atoms with Gasteiger partial charge in [0.05, 0.1) is 12.8 Å². The lowest BCUT2D eigenvalue weighted by Gasteiger charge is -2.20. The second kappa shape index (κ2) is 9.05. The lowest BCUT2D eigenvalue weighted by molar-refractivity contribution is -0.129. The Morgan fingerprint density at radius 1 is 1.17 bits per heavy atom. The van der Waals surface area contributed by atoms with Crippen LogP contribution >= 0.6 is 0 Å². The molecule has 1 aromatic rings. The van der Waals surface area contributed by atoms with Crippen LogP contribution in [-0.4, -0.2) is 38.7 Å². The average molecular weight is 330 g/mol. The molecule has 0 unspecified atom stereocenters. The van der Waals surface area contributed by atoms with E-state index < -0.39 is 0 Å². The smallest absolute Gasteiger partial charge is 0.259 e. The molecule has 1 aliphatic carbocycles. The molecule has 2 amide bonds. The monoisotopic (exact) mass is 330 g/mol. The second-order valence-corrected chi connectivity index (χ2v) is 6.33. The van der Waals surface area contributed by atoms with Crippen molar-refractivity contribution in [1.29, 1.82) is 0 Å². The Morgan fingerprint density at radius 2 is 1.83 bits per heavy atom. The number of nitrogens with one attached hydrogen (secondary N) is 2. The van der Waals surface area contributed by atoms with Gasteiger partial charge in [-0.15, -0.1) is 0 Å². The fourth-order valence-electron chi connectivity index (χ4n) is 2.75. The zero-order valence-electron chi connectivity index (χ0n) is 14.4. The third-order valence-electron chi connectivity index (χ3n) is 4.21. The van der Waals surface area contributed by atoms with Crippen LogP contribution in [0.25, 0.3) is 0 Å². The normalized spacial score (nSPS) is 15.2. The summed E-state index contributed by atoms with van der Waals surface area (Å²) in [4.78, 5) is 25.7. The van der Waals surface area contributed by atoms with Gasteiger partial charge in [0.25, 0.3) is 5.91 Å². The zero-order chi connectivity index (χ0) is 17.4. The Labute approximate surface area is 143 Å². The van der Waals surface area contributed by atoms with Crippen LogP contribution in [0, 0.1) is 5.92 Å². The van der Waals surface area contributed by atoms with Crippen molar-refractivity contribution in [2.75, 3.05) is 25.5 Å². The average Bonchev–Trinajstić information content (AvgIpc) is 2.61. The van der Waals surface area contributed by atoms with Gasteiger partial charge in [0.2, 0.25) is 5.91 Å². The van der Waals surface area contributed by atoms with Gasteiger partial charge in [-0.05, 0) is 30.5 Å². The molecule has 1 aromatic carbocycles. The maximum Gasteiger partial charge on any atom is 0.259 e. The molecule has 24 heavy (non-hydrogen) atoms. The number of anilines is 1. The molecule has 0 saturated heterocycles. The number of carbonyl (C=O) groups excluding carboxylic acids is 2. The topological polar surface area (TPSA) is 73.8 Å². The van der Waals surface area contributed by atoms with Gasteiger partial charge in [-0.2, -0.15) is 5.10 Å². The number of amides is 2. The van der Waals surface area contributed by atoms with E-state index in [1.807, 2.05) is 43.3 Å². The molecule has 1 aliphatic rings. The van der Waals surface area contributed by atoms with Crippen LogP contribution in [0.3, 0.4) is 0 Å². The predicted octanol–water partition coefficient (Wildman–Crippen LogP) is 1.90. The van der Waals surface area contributed by atoms with E-state index in [0.29, 0.717) is 0 Å². The summed E-state index contributed by atoms with van der Waals surface area (Å²) < 4.78 is 0. The first-order valence-electron chi connectivity index (χ1n) is 8.43. The summed E-state index contributed by atoms with van der Waals surface area (Å²) in [6.45, 7) is -0.0355. The summed E-state index contributed by atoms with van der Waals surface area (Å²) in [5, 5.41) is 6.61. The summed E-state index contributed by atoms with van der Waals surface area (Å²) in [5.74, 6) is -0.279. The van der Waals surface area contributed by atoms with Gasteiger partial charge in [0.1, 0.15) is 0 Å². The molecule has 0 atom stereocenters. The van der Waals surface area contributed by atoms with Gasteiger partial charge in [0, 0.05) is 25.7 Å². The molecular weight excluding hydrogens is 304 g/mol. The molecule has 2 N–H and O–H groups in total. The molecule has 1 saturated carbocycles. The Balaban J connectivity index is 1.71. The SMILES string of the molecule is CN(C)c1ccc(C=NNC(=O)CNC(=O)C2CCCCC2)cc1. The van der Waals surface area contributed by atoms with Gasteiger partial charge in [-0.1, -0.05) is 31.4 Å². The van der Waals surface area contributed by atoms with E-state index >= 15 is 0 Å². The molecule has 2 rings (SSSR count). The van der Waals surface area contributed by atoms with E-state index in [0.717, 1.165) is 36.9 Å². The molecule has 0 aliphatic heterocycles. The quantitative estimate of drug-likeness (QED) is 0.618. The summed E-state index contributed by atoms with van der Waals surface area (Å²) in [7, 11) is 3.95. The van der Waals surface area contributed by atoms with Crippen LogP contribution in [-0.2, 0) is 9.59 Å². The van der Waals surface area contributed by atoms with Crippen LogP contribution in [0.2, 0.25) is 0 Å². The van der Waals surface area contributed by atoms with Gasteiger partial charge in [-0.25, -0.2) is 5.43 Å². The third-order valence-corrected chi connectivity index (χ3v) is 4.21. The van der Waals surface area contributed by atoms with E-state index in [4.69, 9.17) is 0 Å². The van der Waals surface area contributed by atoms with Crippen LogP contribution in [0.5, 0.6) is 0 Å². The first kappa shape index (κ1) is 18.0. The molecule has 6 heteroatoms. The molecule has 0 heterocycles. The Morgan fingerprint density at radius 3 is 2.46 bits per heavy atom. The largest absolute Gasteiger partial charge is 0.378 e. The molecule has 130 valence electrons. The Bertz CT molecular complexity index is 575. The van der Waals surface area contributed by atoms with E-state index in [1.54, 1.807) is 6.21 Å². The minimum absolute atomic E-state index is 0.0203. The van der Waals surface area contributed by atoms with Crippen molar-refractivity contribution in [1.82, 2.24) is 10.7 Å². The van der Waals surface area contributed by atoms with Gasteiger partial charge < -0.3 is 10.2 Å². The molecule has 0 spiro atoms. The number of nitrogens with zero attached hydrogens (tertiary/aromatic N) is 2. The predicted molar refractivity (Wildman–Crippen MR) is 96.1 cm³/mol. The minimum Gasteiger partial charge on any atom is -0.378 e. The Kier molecular flexibility index (Phi) is 6.78. The van der Waals surface area contributed by atoms with Crippen LogP contribution in [0.15, 0.2) is 29.4 Å². The Hall–Kier alpha value is -2.37. The summed E-state index contributed by atoms with van der Waals surface area (Å²) in [6.07, 6.45) is 6.83. The highest BCUT2D eigenvalue weighted by Gasteiger charge is 2.21. The molecule has 6 nitrogen and oxygen atoms in total. The summed E-state index contributed by atoms with van der Waals surface area (Å²) in [6, 6.07) is 7.81. The van der Waals surface area contributed by atoms with Gasteiger partial charge >= 0.3 is 0 Å². The second-order valence-electron chi connectivity index (χ2n) is 6.33. The lowest BCUT2D eigenvalue weighted by atomic mass is 9.89. The molecule has 0 radical (unpaired) electrons. The molecule has 0 aromatic heterocycles. The molecule has 1 fully saturated rings. The van der Waals surface area contributed by atoms with Crippen molar-refractivity contribution in [3.8, 4) is 0 Å². The molecular formula is C18H26N4O2. The van der Waals surface area contributed by atoms with Gasteiger partial charge in [0.15, 0.2) is 0 Å². The number of hydrogen-bond donors (Lipinski definition) is 2. The minimum atomic E-state index is -0.319.